The summed E-state index contributed by atoms with van der Waals surface area (Å²) in [5, 5.41) is 0.203. The van der Waals surface area contributed by atoms with Crippen LogP contribution in [-0.2, 0) is 14.8 Å². The lowest BCUT2D eigenvalue weighted by Gasteiger charge is -2.33. The maximum Gasteiger partial charge on any atom is 0.242 e. The number of hydrogen-bond acceptors (Lipinski definition) is 4. The van der Waals surface area contributed by atoms with Gasteiger partial charge in [0.1, 0.15) is 10.0 Å². The van der Waals surface area contributed by atoms with E-state index in [1.54, 1.807) is 0 Å². The molecule has 1 aromatic rings. The fourth-order valence-electron chi connectivity index (χ4n) is 1.94. The molecule has 0 atom stereocenters. The summed E-state index contributed by atoms with van der Waals surface area (Å²) in [5.41, 5.74) is -0.0883. The minimum atomic E-state index is -3.63. The average Bonchev–Trinajstić information content (AvgIpc) is 2.41. The first-order valence-electron chi connectivity index (χ1n) is 6.21. The van der Waals surface area contributed by atoms with Crippen molar-refractivity contribution in [3.63, 3.8) is 0 Å². The fourth-order valence-corrected chi connectivity index (χ4v) is 3.45. The Balaban J connectivity index is 2.09. The molecule has 0 unspecified atom stereocenters. The van der Waals surface area contributed by atoms with E-state index >= 15 is 0 Å². The van der Waals surface area contributed by atoms with Crippen molar-refractivity contribution in [2.24, 2.45) is 5.41 Å². The lowest BCUT2D eigenvalue weighted by molar-refractivity contribution is 0.0264. The third-order valence-corrected chi connectivity index (χ3v) is 5.52. The summed E-state index contributed by atoms with van der Waals surface area (Å²) < 4.78 is 32.3. The number of ether oxygens (including phenoxy) is 1. The van der Waals surface area contributed by atoms with Gasteiger partial charge in [0.2, 0.25) is 10.0 Å². The van der Waals surface area contributed by atoms with Gasteiger partial charge in [-0.2, -0.15) is 0 Å². The van der Waals surface area contributed by atoms with Gasteiger partial charge in [-0.15, -0.1) is 0 Å². The number of sulfonamides is 1. The number of rotatable bonds is 4. The predicted octanol–water partition coefficient (Wildman–Crippen LogP) is 2.48. The van der Waals surface area contributed by atoms with E-state index < -0.39 is 10.0 Å². The Hall–Kier alpha value is -0.400. The van der Waals surface area contributed by atoms with E-state index in [0.717, 1.165) is 12.8 Å². The van der Waals surface area contributed by atoms with Crippen LogP contribution in [0.1, 0.15) is 19.8 Å². The molecule has 1 aliphatic heterocycles. The van der Waals surface area contributed by atoms with Crippen molar-refractivity contribution in [2.75, 3.05) is 19.8 Å². The highest BCUT2D eigenvalue weighted by Crippen LogP contribution is 2.29. The van der Waals surface area contributed by atoms with Crippen molar-refractivity contribution in [2.45, 2.75) is 24.7 Å². The molecular weight excluding hydrogens is 323 g/mol. The Kier molecular flexibility index (Phi) is 4.92. The van der Waals surface area contributed by atoms with Crippen LogP contribution in [0.4, 0.5) is 0 Å². The molecule has 0 amide bonds. The first kappa shape index (κ1) is 16.0. The van der Waals surface area contributed by atoms with Crippen molar-refractivity contribution in [3.05, 3.63) is 22.4 Å². The molecule has 0 bridgehead atoms. The maximum absolute atomic E-state index is 12.2. The standard InChI is InChI=1S/C12H16Cl2N2O3S/c1-12(2-4-19-5-3-12)8-16-20(17,18)9-6-10(13)11(14)15-7-9/h6-7,16H,2-5,8H2,1H3. The highest BCUT2D eigenvalue weighted by Gasteiger charge is 2.29. The number of pyridine rings is 1. The van der Waals surface area contributed by atoms with Gasteiger partial charge in [-0.25, -0.2) is 18.1 Å². The van der Waals surface area contributed by atoms with Crippen molar-refractivity contribution in [1.82, 2.24) is 9.71 Å². The first-order valence-corrected chi connectivity index (χ1v) is 8.45. The second-order valence-corrected chi connectivity index (χ2v) is 7.72. The van der Waals surface area contributed by atoms with E-state index in [4.69, 9.17) is 27.9 Å². The van der Waals surface area contributed by atoms with Gasteiger partial charge in [0.25, 0.3) is 0 Å². The summed E-state index contributed by atoms with van der Waals surface area (Å²) in [4.78, 5) is 3.77. The number of nitrogens with zero attached hydrogens (tertiary/aromatic N) is 1. The van der Waals surface area contributed by atoms with Gasteiger partial charge in [-0.1, -0.05) is 30.1 Å². The molecule has 0 aliphatic carbocycles. The van der Waals surface area contributed by atoms with Crippen LogP contribution in [0.15, 0.2) is 17.2 Å². The average molecular weight is 339 g/mol. The van der Waals surface area contributed by atoms with Crippen LogP contribution in [0.5, 0.6) is 0 Å². The second kappa shape index (κ2) is 6.15. The second-order valence-electron chi connectivity index (χ2n) is 5.19. The van der Waals surface area contributed by atoms with Crippen molar-refractivity contribution < 1.29 is 13.2 Å². The number of aromatic nitrogens is 1. The maximum atomic E-state index is 12.2. The molecule has 1 saturated heterocycles. The van der Waals surface area contributed by atoms with Crippen LogP contribution in [-0.4, -0.2) is 33.2 Å². The molecule has 2 heterocycles. The lowest BCUT2D eigenvalue weighted by Crippen LogP contribution is -2.39. The zero-order chi connectivity index (χ0) is 14.8. The summed E-state index contributed by atoms with van der Waals surface area (Å²) in [6.07, 6.45) is 2.85. The van der Waals surface area contributed by atoms with E-state index in [1.807, 2.05) is 6.92 Å². The lowest BCUT2D eigenvalue weighted by atomic mass is 9.83. The van der Waals surface area contributed by atoms with Gasteiger partial charge in [-0.05, 0) is 24.3 Å². The van der Waals surface area contributed by atoms with E-state index in [0.29, 0.717) is 19.8 Å². The zero-order valence-electron chi connectivity index (χ0n) is 11.0. The molecule has 112 valence electrons. The van der Waals surface area contributed by atoms with E-state index in [9.17, 15) is 8.42 Å². The third-order valence-electron chi connectivity index (χ3n) is 3.47. The van der Waals surface area contributed by atoms with Crippen LogP contribution in [0.2, 0.25) is 10.2 Å². The molecule has 20 heavy (non-hydrogen) atoms. The smallest absolute Gasteiger partial charge is 0.242 e. The predicted molar refractivity (Wildman–Crippen MR) is 77.6 cm³/mol. The van der Waals surface area contributed by atoms with E-state index in [2.05, 4.69) is 9.71 Å². The topological polar surface area (TPSA) is 68.3 Å². The molecule has 1 aliphatic rings. The Morgan fingerprint density at radius 2 is 2.05 bits per heavy atom. The number of halogens is 2. The largest absolute Gasteiger partial charge is 0.381 e. The van der Waals surface area contributed by atoms with Crippen LogP contribution >= 0.6 is 23.2 Å². The highest BCUT2D eigenvalue weighted by atomic mass is 35.5. The summed E-state index contributed by atoms with van der Waals surface area (Å²) in [6, 6.07) is 1.30. The minimum Gasteiger partial charge on any atom is -0.381 e. The van der Waals surface area contributed by atoms with Crippen molar-refractivity contribution in [1.29, 1.82) is 0 Å². The van der Waals surface area contributed by atoms with Gasteiger partial charge in [0.15, 0.2) is 0 Å². The molecule has 0 radical (unpaired) electrons. The Labute approximate surface area is 128 Å². The normalized spacial score (nSPS) is 18.9. The van der Waals surface area contributed by atoms with Crippen LogP contribution in [0, 0.1) is 5.41 Å². The SMILES string of the molecule is CC1(CNS(=O)(=O)c2cnc(Cl)c(Cl)c2)CCOCC1. The van der Waals surface area contributed by atoms with Crippen LogP contribution < -0.4 is 4.72 Å². The van der Waals surface area contributed by atoms with Gasteiger partial charge in [0.05, 0.1) is 5.02 Å². The summed E-state index contributed by atoms with van der Waals surface area (Å²) >= 11 is 11.5. The molecule has 2 rings (SSSR count). The summed E-state index contributed by atoms with van der Waals surface area (Å²) in [5.74, 6) is 0. The molecule has 0 aromatic carbocycles. The summed E-state index contributed by atoms with van der Waals surface area (Å²) in [7, 11) is -3.63. The molecule has 0 saturated carbocycles. The molecular formula is C12H16Cl2N2O3S. The Morgan fingerprint density at radius 1 is 1.40 bits per heavy atom. The van der Waals surface area contributed by atoms with E-state index in [1.165, 1.54) is 12.3 Å². The van der Waals surface area contributed by atoms with Crippen molar-refractivity contribution >= 4 is 33.2 Å². The third kappa shape index (κ3) is 3.83. The Morgan fingerprint density at radius 3 is 2.65 bits per heavy atom. The molecule has 1 N–H and O–H groups in total. The van der Waals surface area contributed by atoms with Gasteiger partial charge < -0.3 is 4.74 Å². The molecule has 5 nitrogen and oxygen atoms in total. The molecule has 8 heteroatoms. The monoisotopic (exact) mass is 338 g/mol. The molecule has 1 fully saturated rings. The van der Waals surface area contributed by atoms with E-state index in [-0.39, 0.29) is 20.5 Å². The van der Waals surface area contributed by atoms with Gasteiger partial charge >= 0.3 is 0 Å². The number of hydrogen-bond donors (Lipinski definition) is 1. The first-order chi connectivity index (χ1) is 9.32. The van der Waals surface area contributed by atoms with Crippen molar-refractivity contribution in [3.8, 4) is 0 Å². The number of nitrogens with one attached hydrogen (secondary N) is 1. The highest BCUT2D eigenvalue weighted by molar-refractivity contribution is 7.89. The van der Waals surface area contributed by atoms with Gasteiger partial charge in [-0.3, -0.25) is 0 Å². The zero-order valence-corrected chi connectivity index (χ0v) is 13.4. The van der Waals surface area contributed by atoms with Crippen LogP contribution in [0.3, 0.4) is 0 Å². The molecule has 0 spiro atoms. The molecule has 1 aromatic heterocycles. The minimum absolute atomic E-state index is 0.0163. The van der Waals surface area contributed by atoms with Gasteiger partial charge in [0, 0.05) is 26.0 Å². The quantitative estimate of drug-likeness (QED) is 0.856. The Bertz CT molecular complexity index is 586. The summed E-state index contributed by atoms with van der Waals surface area (Å²) in [6.45, 7) is 3.73. The fraction of sp³-hybridized carbons (Fsp3) is 0.583. The van der Waals surface area contributed by atoms with Crippen LogP contribution in [0.25, 0.3) is 0 Å².